The number of halogens is 3. The SMILES string of the molecule is CCOC(=O)c1c(C)oc(NC(=O)CSc2ccc(C(F)(F)F)cn2)c1C(N)=O. The maximum atomic E-state index is 12.5. The van der Waals surface area contributed by atoms with Gasteiger partial charge in [-0.3, -0.25) is 14.9 Å². The average molecular weight is 431 g/mol. The van der Waals surface area contributed by atoms with E-state index in [1.807, 2.05) is 0 Å². The van der Waals surface area contributed by atoms with Crippen LogP contribution in [0.3, 0.4) is 0 Å². The molecule has 0 radical (unpaired) electrons. The molecule has 2 amide bonds. The molecule has 29 heavy (non-hydrogen) atoms. The van der Waals surface area contributed by atoms with Gasteiger partial charge >= 0.3 is 12.1 Å². The normalized spacial score (nSPS) is 11.2. The maximum Gasteiger partial charge on any atom is 0.417 e. The number of nitrogens with zero attached hydrogens (tertiary/aromatic N) is 1. The summed E-state index contributed by atoms with van der Waals surface area (Å²) < 4.78 is 47.7. The van der Waals surface area contributed by atoms with Gasteiger partial charge in [0.1, 0.15) is 16.9 Å². The van der Waals surface area contributed by atoms with Gasteiger partial charge in [-0.15, -0.1) is 0 Å². The molecule has 2 rings (SSSR count). The Balaban J connectivity index is 2.10. The van der Waals surface area contributed by atoms with Gasteiger partial charge in [-0.05, 0) is 26.0 Å². The quantitative estimate of drug-likeness (QED) is 0.510. The number of anilines is 1. The highest BCUT2D eigenvalue weighted by molar-refractivity contribution is 7.99. The minimum Gasteiger partial charge on any atom is -0.462 e. The van der Waals surface area contributed by atoms with Crippen LogP contribution < -0.4 is 11.1 Å². The molecule has 156 valence electrons. The molecule has 0 aliphatic rings. The molecule has 8 nitrogen and oxygen atoms in total. The van der Waals surface area contributed by atoms with Crippen LogP contribution >= 0.6 is 11.8 Å². The number of rotatable bonds is 7. The molecule has 0 bridgehead atoms. The Bertz CT molecular complexity index is 926. The minimum absolute atomic E-state index is 0.0320. The van der Waals surface area contributed by atoms with E-state index in [9.17, 15) is 27.6 Å². The van der Waals surface area contributed by atoms with Gasteiger partial charge in [0.2, 0.25) is 11.8 Å². The fourth-order valence-electron chi connectivity index (χ4n) is 2.25. The molecular formula is C17H16F3N3O5S. The van der Waals surface area contributed by atoms with Crippen molar-refractivity contribution in [2.45, 2.75) is 25.0 Å². The molecule has 0 fully saturated rings. The van der Waals surface area contributed by atoms with E-state index in [4.69, 9.17) is 14.9 Å². The van der Waals surface area contributed by atoms with Crippen molar-refractivity contribution in [3.05, 3.63) is 40.8 Å². The van der Waals surface area contributed by atoms with E-state index >= 15 is 0 Å². The van der Waals surface area contributed by atoms with Crippen molar-refractivity contribution in [3.8, 4) is 0 Å². The summed E-state index contributed by atoms with van der Waals surface area (Å²) in [6.45, 7) is 3.03. The predicted molar refractivity (Wildman–Crippen MR) is 96.5 cm³/mol. The summed E-state index contributed by atoms with van der Waals surface area (Å²) in [5.41, 5.74) is 3.86. The van der Waals surface area contributed by atoms with Gasteiger partial charge in [0.05, 0.1) is 22.9 Å². The van der Waals surface area contributed by atoms with Crippen molar-refractivity contribution in [2.24, 2.45) is 5.73 Å². The van der Waals surface area contributed by atoms with E-state index in [0.717, 1.165) is 23.9 Å². The number of hydrogen-bond donors (Lipinski definition) is 2. The number of furan rings is 1. The number of primary amides is 1. The molecule has 2 aromatic heterocycles. The molecule has 2 heterocycles. The molecule has 12 heteroatoms. The second-order valence-electron chi connectivity index (χ2n) is 5.54. The van der Waals surface area contributed by atoms with Crippen molar-refractivity contribution in [3.63, 3.8) is 0 Å². The molecule has 0 aromatic carbocycles. The van der Waals surface area contributed by atoms with E-state index in [2.05, 4.69) is 10.3 Å². The van der Waals surface area contributed by atoms with Crippen molar-refractivity contribution >= 4 is 35.4 Å². The van der Waals surface area contributed by atoms with Crippen LogP contribution in [-0.2, 0) is 15.7 Å². The van der Waals surface area contributed by atoms with Gasteiger partial charge in [0.15, 0.2) is 0 Å². The van der Waals surface area contributed by atoms with Crippen molar-refractivity contribution in [1.82, 2.24) is 4.98 Å². The molecule has 0 aliphatic heterocycles. The zero-order valence-electron chi connectivity index (χ0n) is 15.3. The van der Waals surface area contributed by atoms with Gasteiger partial charge in [0, 0.05) is 6.20 Å². The van der Waals surface area contributed by atoms with Crippen LogP contribution in [0.2, 0.25) is 0 Å². The Morgan fingerprint density at radius 2 is 1.97 bits per heavy atom. The number of alkyl halides is 3. The number of hydrogen-bond acceptors (Lipinski definition) is 7. The van der Waals surface area contributed by atoms with Crippen molar-refractivity contribution < 1.29 is 36.7 Å². The van der Waals surface area contributed by atoms with Crippen LogP contribution in [0.4, 0.5) is 19.1 Å². The largest absolute Gasteiger partial charge is 0.462 e. The first-order chi connectivity index (χ1) is 13.5. The Labute approximate surface area is 167 Å². The molecule has 0 unspecified atom stereocenters. The van der Waals surface area contributed by atoms with Crippen LogP contribution in [0.5, 0.6) is 0 Å². The van der Waals surface area contributed by atoms with E-state index in [1.54, 1.807) is 6.92 Å². The number of carbonyl (C=O) groups is 3. The Morgan fingerprint density at radius 1 is 1.28 bits per heavy atom. The molecule has 2 aromatic rings. The van der Waals surface area contributed by atoms with Crippen LogP contribution in [-0.4, -0.2) is 35.1 Å². The first-order valence-electron chi connectivity index (χ1n) is 8.10. The first-order valence-corrected chi connectivity index (χ1v) is 9.09. The second-order valence-corrected chi connectivity index (χ2v) is 6.54. The third-order valence-electron chi connectivity index (χ3n) is 3.48. The topological polar surface area (TPSA) is 125 Å². The average Bonchev–Trinajstić information content (AvgIpc) is 2.95. The zero-order chi connectivity index (χ0) is 21.8. The lowest BCUT2D eigenvalue weighted by molar-refractivity contribution is -0.137. The molecule has 0 saturated carbocycles. The van der Waals surface area contributed by atoms with Crippen LogP contribution in [0.1, 0.15) is 39.0 Å². The first kappa shape index (κ1) is 22.3. The number of esters is 1. The van der Waals surface area contributed by atoms with Crippen LogP contribution in [0.25, 0.3) is 0 Å². The summed E-state index contributed by atoms with van der Waals surface area (Å²) in [6.07, 6.45) is -3.85. The van der Waals surface area contributed by atoms with E-state index < -0.39 is 29.5 Å². The Morgan fingerprint density at radius 3 is 2.48 bits per heavy atom. The van der Waals surface area contributed by atoms with Crippen molar-refractivity contribution in [1.29, 1.82) is 0 Å². The third-order valence-corrected chi connectivity index (χ3v) is 4.42. The summed E-state index contributed by atoms with van der Waals surface area (Å²) in [5, 5.41) is 2.50. The number of nitrogens with one attached hydrogen (secondary N) is 1. The summed E-state index contributed by atoms with van der Waals surface area (Å²) in [4.78, 5) is 39.5. The molecule has 0 aliphatic carbocycles. The highest BCUT2D eigenvalue weighted by Crippen LogP contribution is 2.30. The number of nitrogens with two attached hydrogens (primary N) is 1. The van der Waals surface area contributed by atoms with Gasteiger partial charge in [-0.25, -0.2) is 9.78 Å². The van der Waals surface area contributed by atoms with E-state index in [0.29, 0.717) is 6.20 Å². The second kappa shape index (κ2) is 8.99. The summed E-state index contributed by atoms with van der Waals surface area (Å²) >= 11 is 0.867. The number of aromatic nitrogens is 1. The summed E-state index contributed by atoms with van der Waals surface area (Å²) in [5.74, 6) is -3.01. The molecule has 0 spiro atoms. The van der Waals surface area contributed by atoms with Gasteiger partial charge in [-0.1, -0.05) is 11.8 Å². The Hall–Kier alpha value is -3.02. The van der Waals surface area contributed by atoms with Gasteiger partial charge < -0.3 is 14.9 Å². The van der Waals surface area contributed by atoms with E-state index in [1.165, 1.54) is 6.92 Å². The monoisotopic (exact) mass is 431 g/mol. The molecule has 0 atom stereocenters. The smallest absolute Gasteiger partial charge is 0.417 e. The Kier molecular flexibility index (Phi) is 6.90. The fourth-order valence-corrected chi connectivity index (χ4v) is 2.90. The van der Waals surface area contributed by atoms with E-state index in [-0.39, 0.29) is 40.2 Å². The number of aryl methyl sites for hydroxylation is 1. The number of pyridine rings is 1. The highest BCUT2D eigenvalue weighted by atomic mass is 32.2. The van der Waals surface area contributed by atoms with Gasteiger partial charge in [0.25, 0.3) is 5.91 Å². The summed E-state index contributed by atoms with van der Waals surface area (Å²) in [6, 6.07) is 1.98. The number of carbonyl (C=O) groups excluding carboxylic acids is 3. The predicted octanol–water partition coefficient (Wildman–Crippen LogP) is 3.01. The molecule has 3 N–H and O–H groups in total. The third kappa shape index (κ3) is 5.50. The lowest BCUT2D eigenvalue weighted by atomic mass is 10.1. The van der Waals surface area contributed by atoms with Crippen molar-refractivity contribution in [2.75, 3.05) is 17.7 Å². The van der Waals surface area contributed by atoms with Crippen LogP contribution in [0, 0.1) is 6.92 Å². The number of thioether (sulfide) groups is 1. The maximum absolute atomic E-state index is 12.5. The standard InChI is InChI=1S/C17H16F3N3O5S/c1-3-27-16(26)12-8(2)28-15(13(12)14(21)25)23-10(24)7-29-11-5-4-9(6-22-11)17(18,19)20/h4-6H,3,7H2,1-2H3,(H2,21,25)(H,23,24). The lowest BCUT2D eigenvalue weighted by Crippen LogP contribution is -2.21. The number of amides is 2. The minimum atomic E-state index is -4.51. The van der Waals surface area contributed by atoms with Gasteiger partial charge in [-0.2, -0.15) is 13.2 Å². The lowest BCUT2D eigenvalue weighted by Gasteiger charge is -2.07. The number of ether oxygens (including phenoxy) is 1. The van der Waals surface area contributed by atoms with Crippen LogP contribution in [0.15, 0.2) is 27.8 Å². The highest BCUT2D eigenvalue weighted by Gasteiger charge is 2.31. The molecular weight excluding hydrogens is 415 g/mol. The molecule has 0 saturated heterocycles. The fraction of sp³-hybridized carbons (Fsp3) is 0.294. The zero-order valence-corrected chi connectivity index (χ0v) is 16.1. The summed E-state index contributed by atoms with van der Waals surface area (Å²) in [7, 11) is 0.